The predicted octanol–water partition coefficient (Wildman–Crippen LogP) is 0.787. The molecule has 1 atom stereocenters. The number of aromatic nitrogens is 1. The number of terminal acetylenes is 1. The van der Waals surface area contributed by atoms with Gasteiger partial charge in [-0.05, 0) is 18.1 Å². The molecule has 4 heteroatoms. The van der Waals surface area contributed by atoms with Crippen molar-refractivity contribution in [3.8, 4) is 12.3 Å². The van der Waals surface area contributed by atoms with Crippen molar-refractivity contribution in [3.63, 3.8) is 0 Å². The van der Waals surface area contributed by atoms with Gasteiger partial charge in [-0.3, -0.25) is 4.79 Å². The van der Waals surface area contributed by atoms with Crippen molar-refractivity contribution in [1.82, 2.24) is 10.3 Å². The summed E-state index contributed by atoms with van der Waals surface area (Å²) in [5.41, 5.74) is 7.93. The van der Waals surface area contributed by atoms with E-state index in [-0.39, 0.29) is 12.5 Å². The molecular formula is C14H15N3O. The van der Waals surface area contributed by atoms with Gasteiger partial charge in [0.2, 0.25) is 5.91 Å². The number of carbonyl (C=O) groups is 1. The van der Waals surface area contributed by atoms with Crippen molar-refractivity contribution < 1.29 is 4.79 Å². The maximum absolute atomic E-state index is 11.6. The SMILES string of the molecule is C#CCNC(=O)[C@@H](N)Cc1c[nH]c2ccccc12. The second-order valence-corrected chi connectivity index (χ2v) is 4.09. The molecule has 4 nitrogen and oxygen atoms in total. The third-order valence-electron chi connectivity index (χ3n) is 2.82. The fourth-order valence-corrected chi connectivity index (χ4v) is 1.90. The highest BCUT2D eigenvalue weighted by Crippen LogP contribution is 2.18. The van der Waals surface area contributed by atoms with Crippen LogP contribution in [0.3, 0.4) is 0 Å². The molecule has 0 saturated heterocycles. The average Bonchev–Trinajstić information content (AvgIpc) is 2.79. The summed E-state index contributed by atoms with van der Waals surface area (Å²) in [6.07, 6.45) is 7.45. The number of amides is 1. The van der Waals surface area contributed by atoms with E-state index in [9.17, 15) is 4.79 Å². The number of H-pyrrole nitrogens is 1. The Kier molecular flexibility index (Phi) is 3.66. The fraction of sp³-hybridized carbons (Fsp3) is 0.214. The van der Waals surface area contributed by atoms with Crippen molar-refractivity contribution >= 4 is 16.8 Å². The van der Waals surface area contributed by atoms with E-state index in [4.69, 9.17) is 12.2 Å². The lowest BCUT2D eigenvalue weighted by Gasteiger charge is -2.10. The Morgan fingerprint density at radius 3 is 3.06 bits per heavy atom. The van der Waals surface area contributed by atoms with Crippen LogP contribution in [0, 0.1) is 12.3 Å². The van der Waals surface area contributed by atoms with Crippen LogP contribution in [0.4, 0.5) is 0 Å². The molecule has 0 saturated carbocycles. The van der Waals surface area contributed by atoms with Gasteiger partial charge in [-0.1, -0.05) is 24.1 Å². The van der Waals surface area contributed by atoms with Crippen LogP contribution in [-0.4, -0.2) is 23.5 Å². The summed E-state index contributed by atoms with van der Waals surface area (Å²) in [5.74, 6) is 2.12. The minimum absolute atomic E-state index is 0.209. The number of benzene rings is 1. The van der Waals surface area contributed by atoms with Crippen molar-refractivity contribution in [2.24, 2.45) is 5.73 Å². The van der Waals surface area contributed by atoms with E-state index in [1.807, 2.05) is 30.5 Å². The number of fused-ring (bicyclic) bond motifs is 1. The summed E-state index contributed by atoms with van der Waals surface area (Å²) in [6, 6.07) is 7.33. The van der Waals surface area contributed by atoms with Crippen molar-refractivity contribution in [2.45, 2.75) is 12.5 Å². The van der Waals surface area contributed by atoms with Crippen LogP contribution in [0.5, 0.6) is 0 Å². The zero-order valence-corrected chi connectivity index (χ0v) is 9.94. The van der Waals surface area contributed by atoms with Gasteiger partial charge in [0.1, 0.15) is 0 Å². The summed E-state index contributed by atoms with van der Waals surface area (Å²) < 4.78 is 0. The summed E-state index contributed by atoms with van der Waals surface area (Å²) in [5, 5.41) is 3.68. The second kappa shape index (κ2) is 5.39. The van der Waals surface area contributed by atoms with E-state index in [1.165, 1.54) is 0 Å². The third kappa shape index (κ3) is 2.53. The molecule has 0 bridgehead atoms. The normalized spacial score (nSPS) is 12.0. The van der Waals surface area contributed by atoms with Crippen LogP contribution in [0.2, 0.25) is 0 Å². The molecule has 0 spiro atoms. The zero-order valence-electron chi connectivity index (χ0n) is 9.94. The van der Waals surface area contributed by atoms with Gasteiger partial charge in [-0.2, -0.15) is 0 Å². The van der Waals surface area contributed by atoms with Crippen molar-refractivity contribution in [1.29, 1.82) is 0 Å². The molecular weight excluding hydrogens is 226 g/mol. The van der Waals surface area contributed by atoms with Crippen molar-refractivity contribution in [2.75, 3.05) is 6.54 Å². The number of nitrogens with one attached hydrogen (secondary N) is 2. The first-order chi connectivity index (χ1) is 8.72. The number of hydrogen-bond acceptors (Lipinski definition) is 2. The lowest BCUT2D eigenvalue weighted by atomic mass is 10.1. The minimum atomic E-state index is -0.586. The van der Waals surface area contributed by atoms with Crippen LogP contribution in [0.1, 0.15) is 5.56 Å². The van der Waals surface area contributed by atoms with E-state index in [2.05, 4.69) is 16.2 Å². The molecule has 4 N–H and O–H groups in total. The largest absolute Gasteiger partial charge is 0.361 e. The molecule has 0 radical (unpaired) electrons. The first-order valence-corrected chi connectivity index (χ1v) is 5.74. The molecule has 1 heterocycles. The van der Waals surface area contributed by atoms with E-state index in [0.717, 1.165) is 16.5 Å². The molecule has 92 valence electrons. The van der Waals surface area contributed by atoms with E-state index < -0.39 is 6.04 Å². The number of carbonyl (C=O) groups excluding carboxylic acids is 1. The monoisotopic (exact) mass is 241 g/mol. The first-order valence-electron chi connectivity index (χ1n) is 5.74. The summed E-state index contributed by atoms with van der Waals surface area (Å²) >= 11 is 0. The quantitative estimate of drug-likeness (QED) is 0.692. The highest BCUT2D eigenvalue weighted by atomic mass is 16.2. The highest BCUT2D eigenvalue weighted by Gasteiger charge is 2.15. The number of rotatable bonds is 4. The number of para-hydroxylation sites is 1. The molecule has 1 aromatic heterocycles. The van der Waals surface area contributed by atoms with Crippen LogP contribution >= 0.6 is 0 Å². The lowest BCUT2D eigenvalue weighted by Crippen LogP contribution is -2.42. The molecule has 0 aliphatic heterocycles. The number of aromatic amines is 1. The first kappa shape index (κ1) is 12.2. The number of nitrogens with two attached hydrogens (primary N) is 1. The Bertz CT molecular complexity index is 594. The molecule has 0 aliphatic carbocycles. The van der Waals surface area contributed by atoms with Gasteiger partial charge in [0, 0.05) is 17.1 Å². The van der Waals surface area contributed by atoms with E-state index in [1.54, 1.807) is 0 Å². The molecule has 18 heavy (non-hydrogen) atoms. The smallest absolute Gasteiger partial charge is 0.238 e. The topological polar surface area (TPSA) is 70.9 Å². The zero-order chi connectivity index (χ0) is 13.0. The van der Waals surface area contributed by atoms with Gasteiger partial charge in [0.15, 0.2) is 0 Å². The molecule has 1 aromatic carbocycles. The van der Waals surface area contributed by atoms with Crippen LogP contribution in [0.15, 0.2) is 30.5 Å². The molecule has 2 aromatic rings. The lowest BCUT2D eigenvalue weighted by molar-refractivity contribution is -0.122. The summed E-state index contributed by atoms with van der Waals surface area (Å²) in [6.45, 7) is 0.209. The molecule has 0 unspecified atom stereocenters. The third-order valence-corrected chi connectivity index (χ3v) is 2.82. The van der Waals surface area contributed by atoms with Gasteiger partial charge < -0.3 is 16.0 Å². The molecule has 1 amide bonds. The summed E-state index contributed by atoms with van der Waals surface area (Å²) in [4.78, 5) is 14.8. The van der Waals surface area contributed by atoms with Gasteiger partial charge in [0.05, 0.1) is 12.6 Å². The van der Waals surface area contributed by atoms with Gasteiger partial charge in [-0.15, -0.1) is 6.42 Å². The van der Waals surface area contributed by atoms with Gasteiger partial charge >= 0.3 is 0 Å². The van der Waals surface area contributed by atoms with Gasteiger partial charge in [0.25, 0.3) is 0 Å². The summed E-state index contributed by atoms with van der Waals surface area (Å²) in [7, 11) is 0. The van der Waals surface area contributed by atoms with E-state index >= 15 is 0 Å². The van der Waals surface area contributed by atoms with Crippen LogP contribution in [-0.2, 0) is 11.2 Å². The molecule has 0 fully saturated rings. The minimum Gasteiger partial charge on any atom is -0.361 e. The maximum atomic E-state index is 11.6. The standard InChI is InChI=1S/C14H15N3O/c1-2-7-16-14(18)12(15)8-10-9-17-13-6-4-3-5-11(10)13/h1,3-6,9,12,17H,7-8,15H2,(H,16,18)/t12-/m0/s1. The van der Waals surface area contributed by atoms with Crippen LogP contribution < -0.4 is 11.1 Å². The Morgan fingerprint density at radius 2 is 2.28 bits per heavy atom. The van der Waals surface area contributed by atoms with Gasteiger partial charge in [-0.25, -0.2) is 0 Å². The Balaban J connectivity index is 2.09. The Hall–Kier alpha value is -2.25. The highest BCUT2D eigenvalue weighted by molar-refractivity contribution is 5.86. The molecule has 0 aliphatic rings. The van der Waals surface area contributed by atoms with E-state index in [0.29, 0.717) is 6.42 Å². The average molecular weight is 241 g/mol. The van der Waals surface area contributed by atoms with Crippen molar-refractivity contribution in [3.05, 3.63) is 36.0 Å². The second-order valence-electron chi connectivity index (χ2n) is 4.09. The Labute approximate surface area is 106 Å². The number of hydrogen-bond donors (Lipinski definition) is 3. The fourth-order valence-electron chi connectivity index (χ4n) is 1.90. The maximum Gasteiger partial charge on any atom is 0.238 e. The predicted molar refractivity (Wildman–Crippen MR) is 71.8 cm³/mol. The van der Waals surface area contributed by atoms with Crippen LogP contribution in [0.25, 0.3) is 10.9 Å². The molecule has 2 rings (SSSR count). The Morgan fingerprint density at radius 1 is 1.50 bits per heavy atom.